The van der Waals surface area contributed by atoms with Crippen molar-refractivity contribution in [1.82, 2.24) is 14.9 Å². The van der Waals surface area contributed by atoms with Gasteiger partial charge in [-0.25, -0.2) is 9.97 Å². The van der Waals surface area contributed by atoms with Crippen LogP contribution in [0, 0.1) is 5.92 Å². The first kappa shape index (κ1) is 15.5. The third kappa shape index (κ3) is 2.31. The molecule has 7 rings (SSSR count). The highest BCUT2D eigenvalue weighted by molar-refractivity contribution is 5.52. The van der Waals surface area contributed by atoms with Gasteiger partial charge in [-0.15, -0.1) is 0 Å². The van der Waals surface area contributed by atoms with E-state index in [0.717, 1.165) is 29.8 Å². The van der Waals surface area contributed by atoms with Crippen molar-refractivity contribution in [3.05, 3.63) is 36.2 Å². The summed E-state index contributed by atoms with van der Waals surface area (Å²) in [5.41, 5.74) is 7.28. The number of anilines is 2. The summed E-state index contributed by atoms with van der Waals surface area (Å²) in [5, 5.41) is 0. The molecule has 5 aliphatic rings. The molecule has 3 atom stereocenters. The van der Waals surface area contributed by atoms with Gasteiger partial charge < -0.3 is 20.1 Å². The Balaban J connectivity index is 1.42. The molecule has 6 heterocycles. The SMILES string of the molecule is Nc1cc(N2C[C@H](c3ccc4c(c3)OCO4)[C@H]3[C@@H]2C2CCN3CC2)ncn1. The fourth-order valence-corrected chi connectivity index (χ4v) is 5.64. The molecule has 2 aromatic rings. The molecule has 2 bridgehead atoms. The Morgan fingerprint density at radius 1 is 1.00 bits per heavy atom. The van der Waals surface area contributed by atoms with Crippen LogP contribution in [-0.4, -0.2) is 53.4 Å². The highest BCUT2D eigenvalue weighted by Crippen LogP contribution is 2.48. The molecule has 0 spiro atoms. The number of hydrogen-bond donors (Lipinski definition) is 1. The van der Waals surface area contributed by atoms with E-state index in [1.165, 1.54) is 31.5 Å². The third-order valence-corrected chi connectivity index (χ3v) is 6.79. The maximum absolute atomic E-state index is 5.96. The van der Waals surface area contributed by atoms with Gasteiger partial charge in [-0.3, -0.25) is 4.90 Å². The molecule has 0 unspecified atom stereocenters. The lowest BCUT2D eigenvalue weighted by Crippen LogP contribution is -2.60. The number of rotatable bonds is 2. The predicted octanol–water partition coefficient (Wildman–Crippen LogP) is 1.85. The fraction of sp³-hybridized carbons (Fsp3) is 0.500. The van der Waals surface area contributed by atoms with Crippen LogP contribution < -0.4 is 20.1 Å². The first-order chi connectivity index (χ1) is 13.3. The summed E-state index contributed by atoms with van der Waals surface area (Å²) in [4.78, 5) is 13.8. The highest BCUT2D eigenvalue weighted by Gasteiger charge is 2.53. The minimum Gasteiger partial charge on any atom is -0.454 e. The van der Waals surface area contributed by atoms with Crippen LogP contribution in [0.5, 0.6) is 11.5 Å². The summed E-state index contributed by atoms with van der Waals surface area (Å²) in [7, 11) is 0. The lowest BCUT2D eigenvalue weighted by atomic mass is 9.75. The zero-order valence-corrected chi connectivity index (χ0v) is 15.1. The van der Waals surface area contributed by atoms with Gasteiger partial charge in [-0.05, 0) is 49.5 Å². The van der Waals surface area contributed by atoms with Gasteiger partial charge >= 0.3 is 0 Å². The van der Waals surface area contributed by atoms with E-state index in [1.807, 2.05) is 6.07 Å². The number of benzene rings is 1. The number of fused-ring (bicyclic) bond motifs is 3. The molecule has 0 amide bonds. The second kappa shape index (κ2) is 5.73. The van der Waals surface area contributed by atoms with Gasteiger partial charge in [0.15, 0.2) is 11.5 Å². The van der Waals surface area contributed by atoms with Gasteiger partial charge in [-0.2, -0.15) is 0 Å². The van der Waals surface area contributed by atoms with Crippen LogP contribution in [0.3, 0.4) is 0 Å². The van der Waals surface area contributed by atoms with Gasteiger partial charge in [-0.1, -0.05) is 6.07 Å². The predicted molar refractivity (Wildman–Crippen MR) is 101 cm³/mol. The smallest absolute Gasteiger partial charge is 0.231 e. The van der Waals surface area contributed by atoms with E-state index in [1.54, 1.807) is 6.33 Å². The maximum Gasteiger partial charge on any atom is 0.231 e. The van der Waals surface area contributed by atoms with Crippen molar-refractivity contribution in [2.75, 3.05) is 37.1 Å². The number of ether oxygens (including phenoxy) is 2. The monoisotopic (exact) mass is 365 g/mol. The highest BCUT2D eigenvalue weighted by atomic mass is 16.7. The van der Waals surface area contributed by atoms with Crippen LogP contribution >= 0.6 is 0 Å². The largest absolute Gasteiger partial charge is 0.454 e. The van der Waals surface area contributed by atoms with Crippen molar-refractivity contribution in [2.45, 2.75) is 30.8 Å². The van der Waals surface area contributed by atoms with Crippen molar-refractivity contribution < 1.29 is 9.47 Å². The quantitative estimate of drug-likeness (QED) is 0.870. The molecule has 0 saturated carbocycles. The van der Waals surface area contributed by atoms with E-state index < -0.39 is 0 Å². The Bertz CT molecular complexity index is 882. The standard InChI is InChI=1S/C20H23N5O2/c21-17-8-18(23-10-22-17)25-9-14(13-1-2-15-16(7-13)27-11-26-15)20-19(25)12-3-5-24(20)6-4-12/h1-2,7-8,10,12,14,19-20H,3-6,9,11H2,(H2,21,22,23)/t14-,19+,20+/m1/s1. The molecule has 140 valence electrons. The fourth-order valence-electron chi connectivity index (χ4n) is 5.64. The molecular weight excluding hydrogens is 342 g/mol. The van der Waals surface area contributed by atoms with Gasteiger partial charge in [0.1, 0.15) is 18.0 Å². The summed E-state index contributed by atoms with van der Waals surface area (Å²) in [6.45, 7) is 3.66. The number of hydrogen-bond acceptors (Lipinski definition) is 7. The van der Waals surface area contributed by atoms with E-state index in [4.69, 9.17) is 15.2 Å². The Kier molecular flexibility index (Phi) is 3.29. The van der Waals surface area contributed by atoms with Crippen molar-refractivity contribution in [2.24, 2.45) is 5.92 Å². The molecule has 4 saturated heterocycles. The Morgan fingerprint density at radius 2 is 1.85 bits per heavy atom. The van der Waals surface area contributed by atoms with Crippen molar-refractivity contribution in [3.8, 4) is 11.5 Å². The number of nitrogens with two attached hydrogens (primary N) is 1. The summed E-state index contributed by atoms with van der Waals surface area (Å²) < 4.78 is 11.1. The molecule has 2 N–H and O–H groups in total. The van der Waals surface area contributed by atoms with Crippen LogP contribution in [0.1, 0.15) is 24.3 Å². The second-order valence-electron chi connectivity index (χ2n) is 8.03. The molecule has 5 aliphatic heterocycles. The van der Waals surface area contributed by atoms with Crippen LogP contribution in [-0.2, 0) is 0 Å². The van der Waals surface area contributed by atoms with Gasteiger partial charge in [0, 0.05) is 30.6 Å². The van der Waals surface area contributed by atoms with Gasteiger partial charge in [0.05, 0.1) is 0 Å². The first-order valence-corrected chi connectivity index (χ1v) is 9.76. The van der Waals surface area contributed by atoms with E-state index in [9.17, 15) is 0 Å². The molecule has 0 aliphatic carbocycles. The molecule has 7 heteroatoms. The second-order valence-corrected chi connectivity index (χ2v) is 8.03. The Morgan fingerprint density at radius 3 is 2.70 bits per heavy atom. The number of aromatic nitrogens is 2. The number of piperidine rings is 3. The van der Waals surface area contributed by atoms with E-state index in [2.05, 4.69) is 38.0 Å². The van der Waals surface area contributed by atoms with Gasteiger partial charge in [0.2, 0.25) is 6.79 Å². The van der Waals surface area contributed by atoms with Crippen LogP contribution in [0.25, 0.3) is 0 Å². The first-order valence-electron chi connectivity index (χ1n) is 9.76. The average Bonchev–Trinajstić information content (AvgIpc) is 3.34. The molecule has 7 nitrogen and oxygen atoms in total. The van der Waals surface area contributed by atoms with E-state index >= 15 is 0 Å². The summed E-state index contributed by atoms with van der Waals surface area (Å²) in [6, 6.07) is 9.33. The van der Waals surface area contributed by atoms with E-state index in [0.29, 0.717) is 30.6 Å². The molecular formula is C20H23N5O2. The normalized spacial score (nSPS) is 33.3. The van der Waals surface area contributed by atoms with Crippen molar-refractivity contribution >= 4 is 11.6 Å². The lowest BCUT2D eigenvalue weighted by Gasteiger charge is -2.51. The molecule has 27 heavy (non-hydrogen) atoms. The molecule has 4 fully saturated rings. The summed E-state index contributed by atoms with van der Waals surface area (Å²) in [6.07, 6.45) is 4.12. The number of nitrogens with zero attached hydrogens (tertiary/aromatic N) is 4. The molecule has 1 aromatic carbocycles. The van der Waals surface area contributed by atoms with Crippen LogP contribution in [0.2, 0.25) is 0 Å². The third-order valence-electron chi connectivity index (χ3n) is 6.79. The summed E-state index contributed by atoms with van der Waals surface area (Å²) >= 11 is 0. The molecule has 1 aromatic heterocycles. The maximum atomic E-state index is 5.96. The summed E-state index contributed by atoms with van der Waals surface area (Å²) in [5.74, 6) is 4.33. The van der Waals surface area contributed by atoms with Crippen LogP contribution in [0.4, 0.5) is 11.6 Å². The minimum atomic E-state index is 0.316. The van der Waals surface area contributed by atoms with Crippen molar-refractivity contribution in [3.63, 3.8) is 0 Å². The zero-order chi connectivity index (χ0) is 18.0. The topological polar surface area (TPSA) is 76.7 Å². The van der Waals surface area contributed by atoms with Crippen LogP contribution in [0.15, 0.2) is 30.6 Å². The Labute approximate surface area is 158 Å². The zero-order valence-electron chi connectivity index (χ0n) is 15.1. The van der Waals surface area contributed by atoms with Crippen molar-refractivity contribution in [1.29, 1.82) is 0 Å². The van der Waals surface area contributed by atoms with Gasteiger partial charge in [0.25, 0.3) is 0 Å². The Hall–Kier alpha value is -2.54. The average molecular weight is 365 g/mol. The molecule has 0 radical (unpaired) electrons. The lowest BCUT2D eigenvalue weighted by molar-refractivity contribution is 0.0354. The minimum absolute atomic E-state index is 0.316. The van der Waals surface area contributed by atoms with E-state index in [-0.39, 0.29) is 0 Å². The number of nitrogen functional groups attached to an aromatic ring is 1.